The molecule has 16 heavy (non-hydrogen) atoms. The fourth-order valence-electron chi connectivity index (χ4n) is 0.864. The van der Waals surface area contributed by atoms with Crippen molar-refractivity contribution in [3.63, 3.8) is 0 Å². The van der Waals surface area contributed by atoms with Gasteiger partial charge >= 0.3 is 18.1 Å². The minimum absolute atomic E-state index is 0.0603. The van der Waals surface area contributed by atoms with Crippen LogP contribution in [0.2, 0.25) is 0 Å². The molecule has 0 aromatic rings. The molecule has 0 heterocycles. The number of carbonyl (C=O) groups excluding carboxylic acids is 2. The van der Waals surface area contributed by atoms with Crippen LogP contribution in [0.15, 0.2) is 0 Å². The lowest BCUT2D eigenvalue weighted by Gasteiger charge is -2.12. The van der Waals surface area contributed by atoms with E-state index in [9.17, 15) is 14.4 Å². The minimum Gasteiger partial charge on any atom is -0.480 e. The molecule has 0 bridgehead atoms. The van der Waals surface area contributed by atoms with E-state index in [-0.39, 0.29) is 19.6 Å². The number of hydrogen-bond donors (Lipinski definition) is 4. The second-order valence-corrected chi connectivity index (χ2v) is 2.87. The van der Waals surface area contributed by atoms with Crippen molar-refractivity contribution in [1.82, 2.24) is 10.6 Å². The first-order chi connectivity index (χ1) is 7.47. The van der Waals surface area contributed by atoms with Crippen LogP contribution in [-0.4, -0.2) is 42.4 Å². The monoisotopic (exact) mass is 233 g/mol. The van der Waals surface area contributed by atoms with Crippen molar-refractivity contribution in [2.75, 3.05) is 13.2 Å². The summed E-state index contributed by atoms with van der Waals surface area (Å²) in [5.74, 6) is -1.11. The van der Waals surface area contributed by atoms with Crippen LogP contribution in [0.3, 0.4) is 0 Å². The molecule has 0 spiro atoms. The number of amides is 3. The highest BCUT2D eigenvalue weighted by Gasteiger charge is 2.16. The van der Waals surface area contributed by atoms with E-state index in [2.05, 4.69) is 21.1 Å². The van der Waals surface area contributed by atoms with Crippen molar-refractivity contribution in [3.05, 3.63) is 0 Å². The number of carbonyl (C=O) groups is 3. The molecule has 1 atom stereocenters. The maximum absolute atomic E-state index is 11.1. The molecular formula is C8H15N3O5. The van der Waals surface area contributed by atoms with Crippen molar-refractivity contribution in [2.24, 2.45) is 5.73 Å². The van der Waals surface area contributed by atoms with Gasteiger partial charge in [0.2, 0.25) is 0 Å². The van der Waals surface area contributed by atoms with Crippen LogP contribution in [-0.2, 0) is 9.53 Å². The third-order valence-corrected chi connectivity index (χ3v) is 1.64. The topological polar surface area (TPSA) is 131 Å². The van der Waals surface area contributed by atoms with Gasteiger partial charge in [-0.2, -0.15) is 0 Å². The van der Waals surface area contributed by atoms with Crippen LogP contribution < -0.4 is 16.4 Å². The Bertz CT molecular complexity index is 268. The molecule has 0 aromatic carbocycles. The Hall–Kier alpha value is -1.99. The molecule has 0 aromatic heterocycles. The van der Waals surface area contributed by atoms with E-state index in [1.54, 1.807) is 6.92 Å². The molecule has 92 valence electrons. The molecule has 0 fully saturated rings. The Labute approximate surface area is 92.1 Å². The van der Waals surface area contributed by atoms with E-state index < -0.39 is 24.1 Å². The lowest BCUT2D eigenvalue weighted by atomic mass is 10.2. The summed E-state index contributed by atoms with van der Waals surface area (Å²) in [6, 6.07) is -1.57. The quantitative estimate of drug-likeness (QED) is 0.448. The number of nitrogens with two attached hydrogens (primary N) is 1. The third-order valence-electron chi connectivity index (χ3n) is 1.64. The first kappa shape index (κ1) is 14.0. The van der Waals surface area contributed by atoms with Gasteiger partial charge in [0.05, 0.1) is 6.54 Å². The van der Waals surface area contributed by atoms with Gasteiger partial charge in [0.25, 0.3) is 0 Å². The summed E-state index contributed by atoms with van der Waals surface area (Å²) in [4.78, 5) is 31.8. The number of hydrogen-bond acceptors (Lipinski definition) is 4. The Kier molecular flexibility index (Phi) is 6.41. The number of carboxylic acid groups (broad SMARTS) is 1. The summed E-state index contributed by atoms with van der Waals surface area (Å²) in [5, 5.41) is 13.2. The van der Waals surface area contributed by atoms with Crippen molar-refractivity contribution < 1.29 is 24.2 Å². The van der Waals surface area contributed by atoms with E-state index in [0.29, 0.717) is 0 Å². The average molecular weight is 233 g/mol. The molecule has 0 radical (unpaired) electrons. The second kappa shape index (κ2) is 7.32. The highest BCUT2D eigenvalue weighted by Crippen LogP contribution is 1.89. The van der Waals surface area contributed by atoms with Gasteiger partial charge in [-0.3, -0.25) is 0 Å². The van der Waals surface area contributed by atoms with Gasteiger partial charge in [0, 0.05) is 0 Å². The summed E-state index contributed by atoms with van der Waals surface area (Å²) in [6.07, 6.45) is -0.653. The molecule has 3 amide bonds. The molecular weight excluding hydrogens is 218 g/mol. The van der Waals surface area contributed by atoms with E-state index in [1.165, 1.54) is 0 Å². The van der Waals surface area contributed by atoms with E-state index in [0.717, 1.165) is 0 Å². The van der Waals surface area contributed by atoms with Crippen LogP contribution >= 0.6 is 0 Å². The van der Waals surface area contributed by atoms with Crippen LogP contribution in [0.1, 0.15) is 13.3 Å². The maximum atomic E-state index is 11.1. The van der Waals surface area contributed by atoms with Crippen molar-refractivity contribution in [2.45, 2.75) is 19.4 Å². The standard InChI is InChI=1S/C8H15N3O5/c1-2-5(6(12)13)11-8(15)10-3-4-16-7(9)14/h5H,2-4H2,1H3,(H2,9,14)(H,12,13)(H2,10,11,15)/t5-/m1/s1. The van der Waals surface area contributed by atoms with Crippen molar-refractivity contribution in [3.8, 4) is 0 Å². The SMILES string of the molecule is CC[C@@H](NC(=O)NCCOC(N)=O)C(=O)O. The number of ether oxygens (including phenoxy) is 1. The lowest BCUT2D eigenvalue weighted by Crippen LogP contribution is -2.46. The van der Waals surface area contributed by atoms with E-state index >= 15 is 0 Å². The molecule has 0 aliphatic rings. The van der Waals surface area contributed by atoms with Crippen LogP contribution in [0, 0.1) is 0 Å². The third kappa shape index (κ3) is 6.46. The summed E-state index contributed by atoms with van der Waals surface area (Å²) in [7, 11) is 0. The average Bonchev–Trinajstić information content (AvgIpc) is 2.20. The number of rotatable bonds is 6. The van der Waals surface area contributed by atoms with Crippen LogP contribution in [0.4, 0.5) is 9.59 Å². The zero-order valence-corrected chi connectivity index (χ0v) is 8.86. The number of urea groups is 1. The normalized spacial score (nSPS) is 11.3. The fraction of sp³-hybridized carbons (Fsp3) is 0.625. The molecule has 0 saturated heterocycles. The highest BCUT2D eigenvalue weighted by molar-refractivity contribution is 5.82. The largest absolute Gasteiger partial charge is 0.480 e. The molecule has 0 aliphatic carbocycles. The van der Waals surface area contributed by atoms with Gasteiger partial charge in [-0.1, -0.05) is 6.92 Å². The zero-order chi connectivity index (χ0) is 12.6. The summed E-state index contributed by atoms with van der Waals surface area (Å²) in [6.45, 7) is 1.63. The van der Waals surface area contributed by atoms with Crippen LogP contribution in [0.25, 0.3) is 0 Å². The summed E-state index contributed by atoms with van der Waals surface area (Å²) in [5.41, 5.74) is 4.68. The second-order valence-electron chi connectivity index (χ2n) is 2.87. The summed E-state index contributed by atoms with van der Waals surface area (Å²) < 4.78 is 4.35. The molecule has 8 nitrogen and oxygen atoms in total. The lowest BCUT2D eigenvalue weighted by molar-refractivity contribution is -0.139. The predicted octanol–water partition coefficient (Wildman–Crippen LogP) is -0.756. The molecule has 0 unspecified atom stereocenters. The van der Waals surface area contributed by atoms with Crippen molar-refractivity contribution in [1.29, 1.82) is 0 Å². The predicted molar refractivity (Wildman–Crippen MR) is 53.8 cm³/mol. The van der Waals surface area contributed by atoms with E-state index in [1.807, 2.05) is 0 Å². The van der Waals surface area contributed by atoms with Gasteiger partial charge in [-0.25, -0.2) is 14.4 Å². The Morgan fingerprint density at radius 1 is 1.44 bits per heavy atom. The van der Waals surface area contributed by atoms with Gasteiger partial charge in [-0.05, 0) is 6.42 Å². The van der Waals surface area contributed by atoms with Gasteiger partial charge in [-0.15, -0.1) is 0 Å². The Balaban J connectivity index is 3.73. The molecule has 0 saturated carbocycles. The number of nitrogens with one attached hydrogen (secondary N) is 2. The number of primary amides is 1. The Morgan fingerprint density at radius 3 is 2.50 bits per heavy atom. The number of aliphatic carboxylic acids is 1. The first-order valence-corrected chi connectivity index (χ1v) is 4.66. The minimum atomic E-state index is -1.11. The molecule has 5 N–H and O–H groups in total. The molecule has 8 heteroatoms. The van der Waals surface area contributed by atoms with Gasteiger partial charge < -0.3 is 26.2 Å². The molecule has 0 aliphatic heterocycles. The number of carboxylic acids is 1. The molecule has 0 rings (SSSR count). The zero-order valence-electron chi connectivity index (χ0n) is 8.86. The van der Waals surface area contributed by atoms with E-state index in [4.69, 9.17) is 5.11 Å². The summed E-state index contributed by atoms with van der Waals surface area (Å²) >= 11 is 0. The maximum Gasteiger partial charge on any atom is 0.404 e. The first-order valence-electron chi connectivity index (χ1n) is 4.66. The van der Waals surface area contributed by atoms with Crippen molar-refractivity contribution >= 4 is 18.1 Å². The van der Waals surface area contributed by atoms with Gasteiger partial charge in [0.1, 0.15) is 12.6 Å². The Morgan fingerprint density at radius 2 is 2.06 bits per heavy atom. The fourth-order valence-corrected chi connectivity index (χ4v) is 0.864. The smallest absolute Gasteiger partial charge is 0.404 e. The highest BCUT2D eigenvalue weighted by atomic mass is 16.5. The van der Waals surface area contributed by atoms with Gasteiger partial charge in [0.15, 0.2) is 0 Å². The van der Waals surface area contributed by atoms with Crippen LogP contribution in [0.5, 0.6) is 0 Å².